The number of nitrogens with one attached hydrogen (secondary N) is 1. The van der Waals surface area contributed by atoms with E-state index in [0.29, 0.717) is 45.0 Å². The highest BCUT2D eigenvalue weighted by molar-refractivity contribution is 7.90. The number of rotatable bonds is 6. The van der Waals surface area contributed by atoms with Crippen molar-refractivity contribution in [1.29, 1.82) is 0 Å². The Morgan fingerprint density at radius 2 is 1.79 bits per heavy atom. The molecule has 0 fully saturated rings. The second kappa shape index (κ2) is 8.34. The maximum atomic E-state index is 11.5. The van der Waals surface area contributed by atoms with Crippen molar-refractivity contribution < 1.29 is 8.42 Å². The summed E-state index contributed by atoms with van der Waals surface area (Å²) < 4.78 is 23.0. The van der Waals surface area contributed by atoms with E-state index in [0.717, 1.165) is 5.56 Å². The van der Waals surface area contributed by atoms with Gasteiger partial charge in [0.25, 0.3) is 0 Å². The summed E-state index contributed by atoms with van der Waals surface area (Å²) in [5.74, 6) is 0.680. The van der Waals surface area contributed by atoms with Gasteiger partial charge in [0.05, 0.1) is 20.6 Å². The number of hydrogen-bond acceptors (Lipinski definition) is 6. The Morgan fingerprint density at radius 3 is 2.46 bits per heavy atom. The second-order valence-corrected chi connectivity index (χ2v) is 8.99. The summed E-state index contributed by atoms with van der Waals surface area (Å²) in [4.78, 5) is 8.72. The molecule has 0 saturated heterocycles. The topological polar surface area (TPSA) is 98.0 Å². The fourth-order valence-electron chi connectivity index (χ4n) is 2.63. The Kier molecular flexibility index (Phi) is 6.07. The first-order valence-corrected chi connectivity index (χ1v) is 11.0. The van der Waals surface area contributed by atoms with Crippen molar-refractivity contribution in [2.45, 2.75) is 11.3 Å². The van der Waals surface area contributed by atoms with Gasteiger partial charge < -0.3 is 11.1 Å². The van der Waals surface area contributed by atoms with E-state index in [9.17, 15) is 8.42 Å². The third-order valence-electron chi connectivity index (χ3n) is 4.04. The smallest absolute Gasteiger partial charge is 0.222 e. The van der Waals surface area contributed by atoms with E-state index >= 15 is 0 Å². The highest BCUT2D eigenvalue weighted by Crippen LogP contribution is 2.33. The SMILES string of the molecule is CS(=O)(=O)c1ccc(CCNc2cc(-c3cccc(Cl)c3Cl)nc(N)n2)cc1. The predicted octanol–water partition coefficient (Wildman–Crippen LogP) is 4.09. The van der Waals surface area contributed by atoms with E-state index < -0.39 is 9.84 Å². The van der Waals surface area contributed by atoms with Crippen LogP contribution in [0.2, 0.25) is 10.0 Å². The zero-order valence-electron chi connectivity index (χ0n) is 15.0. The number of anilines is 2. The number of hydrogen-bond donors (Lipinski definition) is 2. The quantitative estimate of drug-likeness (QED) is 0.603. The highest BCUT2D eigenvalue weighted by atomic mass is 35.5. The van der Waals surface area contributed by atoms with E-state index in [1.54, 1.807) is 42.5 Å². The van der Waals surface area contributed by atoms with Crippen LogP contribution < -0.4 is 11.1 Å². The molecule has 6 nitrogen and oxygen atoms in total. The predicted molar refractivity (Wildman–Crippen MR) is 114 cm³/mol. The van der Waals surface area contributed by atoms with Gasteiger partial charge >= 0.3 is 0 Å². The molecule has 0 bridgehead atoms. The van der Waals surface area contributed by atoms with Gasteiger partial charge in [-0.3, -0.25) is 0 Å². The van der Waals surface area contributed by atoms with Gasteiger partial charge in [-0.1, -0.05) is 47.5 Å². The Labute approximate surface area is 173 Å². The highest BCUT2D eigenvalue weighted by Gasteiger charge is 2.11. The molecule has 3 N–H and O–H groups in total. The van der Waals surface area contributed by atoms with Crippen molar-refractivity contribution in [3.8, 4) is 11.3 Å². The van der Waals surface area contributed by atoms with E-state index in [2.05, 4.69) is 15.3 Å². The molecule has 9 heteroatoms. The molecule has 0 aliphatic rings. The summed E-state index contributed by atoms with van der Waals surface area (Å²) in [6.07, 6.45) is 1.87. The van der Waals surface area contributed by atoms with Crippen LogP contribution in [0.15, 0.2) is 53.4 Å². The number of sulfone groups is 1. The van der Waals surface area contributed by atoms with Crippen LogP contribution in [0.4, 0.5) is 11.8 Å². The standard InChI is InChI=1S/C19H18Cl2N4O2S/c1-28(26,27)13-7-5-12(6-8-13)9-10-23-17-11-16(24-19(22)25-17)14-3-2-4-15(20)18(14)21/h2-8,11H,9-10H2,1H3,(H3,22,23,24,25). The molecule has 0 unspecified atom stereocenters. The van der Waals surface area contributed by atoms with Gasteiger partial charge in [-0.15, -0.1) is 0 Å². The van der Waals surface area contributed by atoms with E-state index in [-0.39, 0.29) is 5.95 Å². The van der Waals surface area contributed by atoms with Crippen LogP contribution in [-0.4, -0.2) is 31.2 Å². The van der Waals surface area contributed by atoms with Gasteiger partial charge in [-0.25, -0.2) is 13.4 Å². The molecule has 1 aromatic heterocycles. The molecule has 0 aliphatic carbocycles. The number of aromatic nitrogens is 2. The molecule has 28 heavy (non-hydrogen) atoms. The van der Waals surface area contributed by atoms with Crippen molar-refractivity contribution in [3.05, 3.63) is 64.1 Å². The molecule has 0 saturated carbocycles. The monoisotopic (exact) mass is 436 g/mol. The molecule has 0 atom stereocenters. The lowest BCUT2D eigenvalue weighted by Crippen LogP contribution is -2.09. The van der Waals surface area contributed by atoms with Crippen LogP contribution in [0.3, 0.4) is 0 Å². The average molecular weight is 437 g/mol. The minimum absolute atomic E-state index is 0.119. The van der Waals surface area contributed by atoms with Crippen LogP contribution in [0.25, 0.3) is 11.3 Å². The van der Waals surface area contributed by atoms with Crippen LogP contribution in [0.5, 0.6) is 0 Å². The molecular formula is C19H18Cl2N4O2S. The molecule has 0 amide bonds. The summed E-state index contributed by atoms with van der Waals surface area (Å²) in [7, 11) is -3.19. The van der Waals surface area contributed by atoms with Crippen molar-refractivity contribution >= 4 is 44.8 Å². The zero-order valence-corrected chi connectivity index (χ0v) is 17.3. The summed E-state index contributed by atoms with van der Waals surface area (Å²) in [5, 5.41) is 4.03. The Balaban J connectivity index is 1.71. The summed E-state index contributed by atoms with van der Waals surface area (Å²) in [6, 6.07) is 13.8. The van der Waals surface area contributed by atoms with Crippen molar-refractivity contribution in [1.82, 2.24) is 9.97 Å². The normalized spacial score (nSPS) is 11.4. The van der Waals surface area contributed by atoms with Gasteiger partial charge in [0.2, 0.25) is 5.95 Å². The van der Waals surface area contributed by atoms with Crippen LogP contribution in [0, 0.1) is 0 Å². The first-order chi connectivity index (χ1) is 13.2. The van der Waals surface area contributed by atoms with Crippen molar-refractivity contribution in [2.24, 2.45) is 0 Å². The zero-order chi connectivity index (χ0) is 20.3. The molecule has 3 aromatic rings. The second-order valence-electron chi connectivity index (χ2n) is 6.19. The number of halogens is 2. The maximum absolute atomic E-state index is 11.5. The number of benzene rings is 2. The third kappa shape index (κ3) is 4.92. The summed E-state index contributed by atoms with van der Waals surface area (Å²) in [6.45, 7) is 0.581. The van der Waals surface area contributed by atoms with Crippen LogP contribution in [0.1, 0.15) is 5.56 Å². The fourth-order valence-corrected chi connectivity index (χ4v) is 3.66. The maximum Gasteiger partial charge on any atom is 0.222 e. The molecule has 0 radical (unpaired) electrons. The molecule has 0 aliphatic heterocycles. The molecule has 2 aromatic carbocycles. The van der Waals surface area contributed by atoms with Gasteiger partial charge in [0.15, 0.2) is 9.84 Å². The lowest BCUT2D eigenvalue weighted by molar-refractivity contribution is 0.602. The Morgan fingerprint density at radius 1 is 1.07 bits per heavy atom. The summed E-state index contributed by atoms with van der Waals surface area (Å²) in [5.41, 5.74) is 8.07. The van der Waals surface area contributed by atoms with Gasteiger partial charge in [0.1, 0.15) is 5.82 Å². The van der Waals surface area contributed by atoms with E-state index in [1.807, 2.05) is 6.07 Å². The van der Waals surface area contributed by atoms with Crippen molar-refractivity contribution in [3.63, 3.8) is 0 Å². The first kappa shape index (κ1) is 20.4. The molecular weight excluding hydrogens is 419 g/mol. The van der Waals surface area contributed by atoms with E-state index in [4.69, 9.17) is 28.9 Å². The molecule has 1 heterocycles. The van der Waals surface area contributed by atoms with Crippen LogP contribution in [-0.2, 0) is 16.3 Å². The van der Waals surface area contributed by atoms with E-state index in [1.165, 1.54) is 6.26 Å². The number of nitrogens with zero attached hydrogens (tertiary/aromatic N) is 2. The van der Waals surface area contributed by atoms with Gasteiger partial charge in [-0.05, 0) is 30.2 Å². The molecule has 146 valence electrons. The summed E-state index contributed by atoms with van der Waals surface area (Å²) >= 11 is 12.3. The Bertz CT molecular complexity index is 1100. The average Bonchev–Trinajstić information content (AvgIpc) is 2.63. The largest absolute Gasteiger partial charge is 0.370 e. The van der Waals surface area contributed by atoms with Crippen molar-refractivity contribution in [2.75, 3.05) is 23.9 Å². The van der Waals surface area contributed by atoms with Gasteiger partial charge in [-0.2, -0.15) is 4.98 Å². The molecule has 3 rings (SSSR count). The minimum atomic E-state index is -3.19. The Hall–Kier alpha value is -2.35. The minimum Gasteiger partial charge on any atom is -0.370 e. The van der Waals surface area contributed by atoms with Crippen LogP contribution >= 0.6 is 23.2 Å². The lowest BCUT2D eigenvalue weighted by atomic mass is 10.1. The first-order valence-electron chi connectivity index (χ1n) is 8.36. The fraction of sp³-hybridized carbons (Fsp3) is 0.158. The third-order valence-corrected chi connectivity index (χ3v) is 5.99. The number of nitrogens with two attached hydrogens (primary N) is 1. The lowest BCUT2D eigenvalue weighted by Gasteiger charge is -2.10. The molecule has 0 spiro atoms. The van der Waals surface area contributed by atoms with Gasteiger partial charge in [0, 0.05) is 24.4 Å². The number of nitrogen functional groups attached to an aromatic ring is 1.